The summed E-state index contributed by atoms with van der Waals surface area (Å²) in [5.41, 5.74) is -3.60. The average Bonchev–Trinajstić information content (AvgIpc) is 3.08. The van der Waals surface area contributed by atoms with E-state index in [2.05, 4.69) is 26.9 Å². The number of hydrogen-bond acceptors (Lipinski definition) is 13. The fourth-order valence-electron chi connectivity index (χ4n) is 3.76. The van der Waals surface area contributed by atoms with Gasteiger partial charge in [0.15, 0.2) is 5.54 Å². The van der Waals surface area contributed by atoms with E-state index in [4.69, 9.17) is 38.4 Å². The van der Waals surface area contributed by atoms with Crippen LogP contribution in [0.2, 0.25) is 0 Å². The van der Waals surface area contributed by atoms with Crippen molar-refractivity contribution in [2.24, 2.45) is 10.2 Å². The molecule has 16 nitrogen and oxygen atoms in total. The molecular formula is C32H30N6O10. The molecular weight excluding hydrogens is 628 g/mol. The van der Waals surface area contributed by atoms with Crippen LogP contribution in [0.25, 0.3) is 4.85 Å². The summed E-state index contributed by atoms with van der Waals surface area (Å²) in [5.74, 6) is 3.48. The van der Waals surface area contributed by atoms with E-state index in [0.29, 0.717) is 0 Å². The highest BCUT2D eigenvalue weighted by molar-refractivity contribution is 5.70. The zero-order valence-corrected chi connectivity index (χ0v) is 26.0. The van der Waals surface area contributed by atoms with Gasteiger partial charge >= 0.3 is 17.6 Å². The number of nitrogens with zero attached hydrogens (tertiary/aromatic N) is 6. The molecule has 0 aliphatic rings. The molecule has 2 unspecified atom stereocenters. The summed E-state index contributed by atoms with van der Waals surface area (Å²) in [7, 11) is 0. The molecule has 0 amide bonds. The van der Waals surface area contributed by atoms with Gasteiger partial charge in [0.1, 0.15) is 37.9 Å². The van der Waals surface area contributed by atoms with E-state index in [0.717, 1.165) is 0 Å². The van der Waals surface area contributed by atoms with Crippen molar-refractivity contribution >= 4 is 23.3 Å². The van der Waals surface area contributed by atoms with E-state index < -0.39 is 46.2 Å². The number of hydrogen-bond donors (Lipinski definition) is 0. The molecule has 0 aliphatic carbocycles. The van der Waals surface area contributed by atoms with Gasteiger partial charge in [0.2, 0.25) is 0 Å². The summed E-state index contributed by atoms with van der Waals surface area (Å²) in [5, 5.41) is 40.4. The van der Waals surface area contributed by atoms with Crippen LogP contribution in [0.3, 0.4) is 0 Å². The predicted molar refractivity (Wildman–Crippen MR) is 167 cm³/mol. The molecule has 0 heterocycles. The molecule has 2 aromatic carbocycles. The van der Waals surface area contributed by atoms with Crippen molar-refractivity contribution in [3.63, 3.8) is 0 Å². The van der Waals surface area contributed by atoms with E-state index in [1.807, 2.05) is 6.07 Å². The van der Waals surface area contributed by atoms with Gasteiger partial charge in [-0.2, -0.15) is 10.4 Å². The number of nitro benzene ring substituents is 2. The largest absolute Gasteiger partial charge is 0.481 e. The molecule has 0 bridgehead atoms. The van der Waals surface area contributed by atoms with Crippen LogP contribution in [0.5, 0.6) is 11.5 Å². The fraction of sp³-hybridized carbons (Fsp3) is 0.375. The number of nitriles is 1. The third-order valence-corrected chi connectivity index (χ3v) is 6.50. The minimum absolute atomic E-state index is 0.0672. The predicted octanol–water partition coefficient (Wildman–Crippen LogP) is 5.24. The molecule has 248 valence electrons. The van der Waals surface area contributed by atoms with Gasteiger partial charge in [-0.25, -0.2) is 6.57 Å². The summed E-state index contributed by atoms with van der Waals surface area (Å²) < 4.78 is 20.9. The van der Waals surface area contributed by atoms with Crippen molar-refractivity contribution in [2.45, 2.75) is 63.9 Å². The number of carbonyl (C=O) groups excluding carboxylic acids is 2. The standard InChI is InChI=1S/C32H30N6O10/c1-6-16-45-25-8-10-27(37(41)42)23(18-25)20-47-29(39)12-14-31(3,22-33)35-36-32(4,34-5)15-13-30(40)48-21-24-19-26(46-17-7-2)9-11-28(24)38(43)44/h1-2,8-11,18-19H,12-17,20-21H2,3-4H3. The van der Waals surface area contributed by atoms with Gasteiger partial charge in [-0.1, -0.05) is 11.8 Å². The number of benzene rings is 2. The molecule has 0 aromatic heterocycles. The Bertz CT molecular complexity index is 1610. The van der Waals surface area contributed by atoms with Crippen LogP contribution >= 0.6 is 0 Å². The first-order chi connectivity index (χ1) is 22.8. The average molecular weight is 659 g/mol. The topological polar surface area (TPSA) is 210 Å². The maximum absolute atomic E-state index is 12.5. The lowest BCUT2D eigenvalue weighted by atomic mass is 9.99. The lowest BCUT2D eigenvalue weighted by Crippen LogP contribution is -2.24. The van der Waals surface area contributed by atoms with E-state index in [-0.39, 0.29) is 72.9 Å². The molecule has 0 spiro atoms. The fourth-order valence-corrected chi connectivity index (χ4v) is 3.76. The lowest BCUT2D eigenvalue weighted by Gasteiger charge is -2.17. The van der Waals surface area contributed by atoms with E-state index in [1.54, 1.807) is 0 Å². The van der Waals surface area contributed by atoms with Crippen LogP contribution in [0.4, 0.5) is 11.4 Å². The van der Waals surface area contributed by atoms with Gasteiger partial charge < -0.3 is 18.9 Å². The molecule has 0 N–H and O–H groups in total. The van der Waals surface area contributed by atoms with Gasteiger partial charge in [0, 0.05) is 25.5 Å². The molecule has 2 atom stereocenters. The third-order valence-electron chi connectivity index (χ3n) is 6.50. The van der Waals surface area contributed by atoms with Gasteiger partial charge in [-0.15, -0.1) is 18.0 Å². The zero-order chi connectivity index (χ0) is 35.7. The number of nitro groups is 2. The first-order valence-electron chi connectivity index (χ1n) is 14.0. The highest BCUT2D eigenvalue weighted by Crippen LogP contribution is 2.28. The van der Waals surface area contributed by atoms with Crippen molar-refractivity contribution in [1.29, 1.82) is 5.26 Å². The molecule has 0 aliphatic heterocycles. The number of rotatable bonds is 18. The summed E-state index contributed by atoms with van der Waals surface area (Å²) in [6, 6.07) is 9.70. The highest BCUT2D eigenvalue weighted by atomic mass is 16.6. The Morgan fingerprint density at radius 1 is 0.875 bits per heavy atom. The monoisotopic (exact) mass is 658 g/mol. The maximum Gasteiger partial charge on any atom is 0.338 e. The highest BCUT2D eigenvalue weighted by Gasteiger charge is 2.34. The summed E-state index contributed by atoms with van der Waals surface area (Å²) >= 11 is 0. The summed E-state index contributed by atoms with van der Waals surface area (Å²) in [6.45, 7) is 9.29. The molecule has 2 rings (SSSR count). The van der Waals surface area contributed by atoms with Crippen LogP contribution in [0.15, 0.2) is 46.6 Å². The second kappa shape index (κ2) is 17.8. The SMILES string of the molecule is [C-]#[N+]C(C)(CCC(=O)OCc1cc(OCC#C)ccc1[N+](=O)[O-])N=NC(C)(C#N)CCC(=O)OCc1cc(OCC#C)ccc1[N+](=O)[O-]. The Morgan fingerprint density at radius 3 is 1.73 bits per heavy atom. The third kappa shape index (κ3) is 11.8. The van der Waals surface area contributed by atoms with Crippen molar-refractivity contribution < 1.29 is 38.4 Å². The van der Waals surface area contributed by atoms with Gasteiger partial charge in [0.05, 0.1) is 39.9 Å². The van der Waals surface area contributed by atoms with Crippen LogP contribution in [-0.4, -0.2) is 46.2 Å². The second-order valence-corrected chi connectivity index (χ2v) is 10.3. The maximum atomic E-state index is 12.5. The molecule has 0 saturated carbocycles. The number of ether oxygens (including phenoxy) is 4. The van der Waals surface area contributed by atoms with Crippen molar-refractivity contribution in [1.82, 2.24) is 0 Å². The first-order valence-corrected chi connectivity index (χ1v) is 14.0. The normalized spacial score (nSPS) is 12.9. The Labute approximate surface area is 275 Å². The van der Waals surface area contributed by atoms with Crippen molar-refractivity contribution in [3.05, 3.63) is 79.2 Å². The van der Waals surface area contributed by atoms with Gasteiger partial charge in [0.25, 0.3) is 11.4 Å². The van der Waals surface area contributed by atoms with E-state index in [9.17, 15) is 35.1 Å². The van der Waals surface area contributed by atoms with Gasteiger partial charge in [-0.3, -0.25) is 34.7 Å². The Balaban J connectivity index is 1.98. The Hall–Kier alpha value is -6.52. The summed E-state index contributed by atoms with van der Waals surface area (Å²) in [4.78, 5) is 49.8. The Kier molecular flexibility index (Phi) is 14.0. The van der Waals surface area contributed by atoms with Crippen molar-refractivity contribution in [2.75, 3.05) is 13.2 Å². The van der Waals surface area contributed by atoms with Crippen molar-refractivity contribution in [3.8, 4) is 42.3 Å². The first kappa shape index (κ1) is 37.7. The number of carbonyl (C=O) groups is 2. The molecule has 2 aromatic rings. The van der Waals surface area contributed by atoms with Crippen LogP contribution in [0, 0.1) is 62.8 Å². The number of esters is 2. The van der Waals surface area contributed by atoms with Crippen LogP contribution < -0.4 is 9.47 Å². The minimum Gasteiger partial charge on any atom is -0.481 e. The molecule has 16 heteroatoms. The van der Waals surface area contributed by atoms with Gasteiger partial charge in [-0.05, 0) is 37.6 Å². The molecule has 0 fully saturated rings. The van der Waals surface area contributed by atoms with E-state index >= 15 is 0 Å². The lowest BCUT2D eigenvalue weighted by molar-refractivity contribution is -0.386. The number of terminal acetylenes is 2. The Morgan fingerprint density at radius 2 is 1.33 bits per heavy atom. The van der Waals surface area contributed by atoms with Crippen LogP contribution in [0.1, 0.15) is 50.7 Å². The molecule has 0 saturated heterocycles. The molecule has 0 radical (unpaired) electrons. The summed E-state index contributed by atoms with van der Waals surface area (Å²) in [6.07, 6.45) is 9.36. The second-order valence-electron chi connectivity index (χ2n) is 10.3. The smallest absolute Gasteiger partial charge is 0.338 e. The van der Waals surface area contributed by atoms with E-state index in [1.165, 1.54) is 50.2 Å². The number of azo groups is 1. The van der Waals surface area contributed by atoms with Crippen LogP contribution in [-0.2, 0) is 32.3 Å². The minimum atomic E-state index is -1.59. The quantitative estimate of drug-likeness (QED) is 0.0504. The zero-order valence-electron chi connectivity index (χ0n) is 26.0. The molecule has 48 heavy (non-hydrogen) atoms.